The van der Waals surface area contributed by atoms with Crippen LogP contribution in [0.5, 0.6) is 0 Å². The number of halogens is 1. The maximum atomic E-state index is 13.0. The van der Waals surface area contributed by atoms with Gasteiger partial charge in [0.05, 0.1) is 11.7 Å². The minimum Gasteiger partial charge on any atom is -0.543 e. The summed E-state index contributed by atoms with van der Waals surface area (Å²) in [7, 11) is 1.23. The third-order valence-corrected chi connectivity index (χ3v) is 8.18. The zero-order valence-corrected chi connectivity index (χ0v) is 25.8. The van der Waals surface area contributed by atoms with Crippen LogP contribution in [0.15, 0.2) is 62.6 Å². The average molecular weight is 625 g/mol. The first-order valence-corrected chi connectivity index (χ1v) is 13.8. The first kappa shape index (κ1) is 30.8. The number of thioether (sulfide) groups is 2. The zero-order valence-electron chi connectivity index (χ0n) is 21.4. The predicted molar refractivity (Wildman–Crippen MR) is 143 cm³/mol. The van der Waals surface area contributed by atoms with Gasteiger partial charge in [-0.15, -0.1) is 22.0 Å². The number of hydrogen-bond donors (Lipinski definition) is 2. The van der Waals surface area contributed by atoms with E-state index in [4.69, 9.17) is 26.6 Å². The molecule has 1 aromatic carbocycles. The van der Waals surface area contributed by atoms with Crippen molar-refractivity contribution in [3.8, 4) is 11.5 Å². The number of aliphatic carboxylic acids is 1. The van der Waals surface area contributed by atoms with Crippen molar-refractivity contribution in [3.63, 3.8) is 0 Å². The van der Waals surface area contributed by atoms with Crippen LogP contribution in [0.4, 0.5) is 5.82 Å². The van der Waals surface area contributed by atoms with E-state index in [1.54, 1.807) is 24.3 Å². The number of nitrogens with zero attached hydrogens (tertiary/aromatic N) is 6. The Labute approximate surface area is 267 Å². The van der Waals surface area contributed by atoms with Crippen molar-refractivity contribution in [1.29, 1.82) is 0 Å². The number of nitrogen functional groups attached to an aromatic ring is 1. The van der Waals surface area contributed by atoms with Gasteiger partial charge in [0.1, 0.15) is 24.3 Å². The van der Waals surface area contributed by atoms with Crippen LogP contribution in [0.25, 0.3) is 11.5 Å². The maximum Gasteiger partial charge on any atom is 1.00 e. The minimum absolute atomic E-state index is 0. The van der Waals surface area contributed by atoms with Crippen molar-refractivity contribution in [2.75, 3.05) is 24.3 Å². The molecule has 1 fully saturated rings. The van der Waals surface area contributed by atoms with Crippen LogP contribution < -0.4 is 45.7 Å². The van der Waals surface area contributed by atoms with Crippen molar-refractivity contribution in [2.24, 2.45) is 5.16 Å². The van der Waals surface area contributed by atoms with Gasteiger partial charge in [0.15, 0.2) is 5.82 Å². The number of anilines is 1. The van der Waals surface area contributed by atoms with Crippen LogP contribution in [0, 0.1) is 0 Å². The van der Waals surface area contributed by atoms with E-state index < -0.39 is 29.2 Å². The summed E-state index contributed by atoms with van der Waals surface area (Å²) in [5, 5.41) is 26.4. The number of hydrogen-bond acceptors (Lipinski definition) is 14. The molecule has 0 spiro atoms. The maximum absolute atomic E-state index is 13.0. The molecule has 41 heavy (non-hydrogen) atoms. The number of carbonyl (C=O) groups is 3. The third kappa shape index (κ3) is 6.52. The van der Waals surface area contributed by atoms with E-state index >= 15 is 0 Å². The number of fused-ring (bicyclic) bond motifs is 1. The van der Waals surface area contributed by atoms with Gasteiger partial charge in [-0.1, -0.05) is 28.5 Å². The van der Waals surface area contributed by atoms with Crippen LogP contribution in [0.2, 0.25) is 5.02 Å². The van der Waals surface area contributed by atoms with Crippen LogP contribution in [0.1, 0.15) is 5.82 Å². The fraction of sp³-hybridized carbons (Fsp3) is 0.217. The summed E-state index contributed by atoms with van der Waals surface area (Å²) in [6.07, 6.45) is 1.34. The van der Waals surface area contributed by atoms with Crippen molar-refractivity contribution in [2.45, 2.75) is 16.6 Å². The van der Waals surface area contributed by atoms with Crippen LogP contribution in [0.3, 0.4) is 0 Å². The number of carboxylic acids is 1. The van der Waals surface area contributed by atoms with E-state index in [0.717, 1.165) is 16.7 Å². The fourth-order valence-electron chi connectivity index (χ4n) is 3.88. The monoisotopic (exact) mass is 624 g/mol. The van der Waals surface area contributed by atoms with E-state index in [2.05, 4.69) is 30.6 Å². The molecule has 0 radical (unpaired) electrons. The Bertz CT molecular complexity index is 1550. The quantitative estimate of drug-likeness (QED) is 0.0820. The number of benzene rings is 1. The molecule has 2 atom stereocenters. The van der Waals surface area contributed by atoms with E-state index in [9.17, 15) is 19.5 Å². The average Bonchev–Trinajstić information content (AvgIpc) is 3.42. The van der Waals surface area contributed by atoms with Gasteiger partial charge in [-0.25, -0.2) is 9.97 Å². The van der Waals surface area contributed by atoms with Crippen molar-refractivity contribution < 1.29 is 58.3 Å². The predicted octanol–water partition coefficient (Wildman–Crippen LogP) is -2.69. The van der Waals surface area contributed by atoms with Crippen LogP contribution in [-0.4, -0.2) is 78.6 Å². The molecule has 5 rings (SSSR count). The van der Waals surface area contributed by atoms with Crippen molar-refractivity contribution in [1.82, 2.24) is 30.4 Å². The van der Waals surface area contributed by atoms with Gasteiger partial charge < -0.3 is 30.2 Å². The molecule has 206 valence electrons. The first-order valence-electron chi connectivity index (χ1n) is 11.4. The molecule has 0 aliphatic carbocycles. The molecule has 2 aliphatic rings. The molecule has 2 aliphatic heterocycles. The number of nitrogens with one attached hydrogen (secondary N) is 1. The Balaban J connectivity index is 0.00000387. The van der Waals surface area contributed by atoms with Gasteiger partial charge in [0.25, 0.3) is 17.0 Å². The molecule has 4 heterocycles. The third-order valence-electron chi connectivity index (χ3n) is 5.68. The standard InChI is InChI=1S/C23H19ClN8O6S2.Na/c1-37-31-14(17-26-7-6-13(25)27-17)18(33)28-15-20(34)32-16(22(35)36)11(8-39-21(15)32)9-40-23-30-29-19(38-23)10-2-4-12(24)5-3-10;/h2-7,15,21H,8-9H2,1H3,(H,28,33)(H,35,36)(H2,25,26,27);/q;+1/p-1/b31-14+;. The largest absolute Gasteiger partial charge is 1.00 e. The summed E-state index contributed by atoms with van der Waals surface area (Å²) in [6.45, 7) is 0. The molecule has 0 saturated carbocycles. The Morgan fingerprint density at radius 3 is 2.76 bits per heavy atom. The van der Waals surface area contributed by atoms with Gasteiger partial charge in [-0.3, -0.25) is 14.5 Å². The summed E-state index contributed by atoms with van der Waals surface area (Å²) in [6, 6.07) is 7.25. The molecule has 2 amide bonds. The van der Waals surface area contributed by atoms with E-state index in [0.29, 0.717) is 16.2 Å². The fourth-order valence-corrected chi connectivity index (χ4v) is 6.25. The van der Waals surface area contributed by atoms with E-state index in [1.165, 1.54) is 31.1 Å². The van der Waals surface area contributed by atoms with E-state index in [-0.39, 0.29) is 75.2 Å². The topological polar surface area (TPSA) is 202 Å². The first-order chi connectivity index (χ1) is 19.3. The second-order valence-corrected chi connectivity index (χ2v) is 10.7. The van der Waals surface area contributed by atoms with Gasteiger partial charge in [0, 0.05) is 28.3 Å². The molecule has 0 bridgehead atoms. The summed E-state index contributed by atoms with van der Waals surface area (Å²) in [5.74, 6) is -2.24. The van der Waals surface area contributed by atoms with Crippen molar-refractivity contribution in [3.05, 3.63) is 58.6 Å². The number of nitrogens with two attached hydrogens (primary N) is 1. The second kappa shape index (κ2) is 13.2. The Morgan fingerprint density at radius 2 is 2.07 bits per heavy atom. The molecule has 14 nitrogen and oxygen atoms in total. The molecule has 3 aromatic rings. The molecule has 3 N–H and O–H groups in total. The number of carboxylic acid groups (broad SMARTS) is 1. The molecular formula is C23H18ClN8NaO6S2. The molecule has 1 saturated heterocycles. The van der Waals surface area contributed by atoms with Crippen LogP contribution >= 0.6 is 35.1 Å². The molecular weight excluding hydrogens is 607 g/mol. The Morgan fingerprint density at radius 1 is 1.32 bits per heavy atom. The smallest absolute Gasteiger partial charge is 0.543 e. The normalized spacial score (nSPS) is 18.2. The van der Waals surface area contributed by atoms with Gasteiger partial charge in [-0.2, -0.15) is 0 Å². The summed E-state index contributed by atoms with van der Waals surface area (Å²) in [4.78, 5) is 51.8. The number of aromatic nitrogens is 4. The SMILES string of the molecule is CO/N=C(/C(=O)NC1C(=O)N2C(C(=O)[O-])=C(CSc3nnc(-c4ccc(Cl)cc4)o3)CSC12)c1nccc(N)n1.[Na+]. The Hall–Kier alpha value is -3.15. The van der Waals surface area contributed by atoms with Gasteiger partial charge >= 0.3 is 29.6 Å². The summed E-state index contributed by atoms with van der Waals surface area (Å²) >= 11 is 8.32. The number of carbonyl (C=O) groups excluding carboxylic acids is 3. The number of rotatable bonds is 9. The van der Waals surface area contributed by atoms with E-state index in [1.807, 2.05) is 0 Å². The Kier molecular flexibility index (Phi) is 9.93. The minimum atomic E-state index is -1.51. The summed E-state index contributed by atoms with van der Waals surface area (Å²) < 4.78 is 5.66. The second-order valence-electron chi connectivity index (χ2n) is 8.20. The van der Waals surface area contributed by atoms with Gasteiger partial charge in [-0.05, 0) is 35.9 Å². The van der Waals surface area contributed by atoms with Crippen LogP contribution in [-0.2, 0) is 19.2 Å². The summed E-state index contributed by atoms with van der Waals surface area (Å²) in [5.41, 5.74) is 6.22. The van der Waals surface area contributed by atoms with Crippen molar-refractivity contribution >= 4 is 64.4 Å². The molecule has 18 heteroatoms. The molecule has 2 unspecified atom stereocenters. The van der Waals surface area contributed by atoms with Gasteiger partial charge in [0.2, 0.25) is 11.6 Å². The number of oxime groups is 1. The zero-order chi connectivity index (χ0) is 28.4. The number of β-lactam (4-membered cyclic amide) rings is 1. The number of amides is 2. The molecule has 2 aromatic heterocycles.